The van der Waals surface area contributed by atoms with Crippen molar-refractivity contribution in [2.24, 2.45) is 0 Å². The largest absolute Gasteiger partial charge is 0.370 e. The minimum atomic E-state index is -0.260. The van der Waals surface area contributed by atoms with Crippen LogP contribution in [0.1, 0.15) is 13.3 Å². The summed E-state index contributed by atoms with van der Waals surface area (Å²) in [5, 5.41) is 3.17. The molecule has 0 amide bonds. The van der Waals surface area contributed by atoms with Crippen LogP contribution in [-0.2, 0) is 0 Å². The zero-order chi connectivity index (χ0) is 12.1. The van der Waals surface area contributed by atoms with Gasteiger partial charge in [-0.05, 0) is 18.6 Å². The SMILES string of the molecule is CCCNc1cc(-c2cccc(F)c2)ncn1. The Hall–Kier alpha value is -1.97. The van der Waals surface area contributed by atoms with Crippen molar-refractivity contribution in [3.8, 4) is 11.3 Å². The average molecular weight is 231 g/mol. The Morgan fingerprint density at radius 1 is 1.24 bits per heavy atom. The van der Waals surface area contributed by atoms with E-state index in [9.17, 15) is 4.39 Å². The van der Waals surface area contributed by atoms with Crippen molar-refractivity contribution in [2.45, 2.75) is 13.3 Å². The van der Waals surface area contributed by atoms with Crippen molar-refractivity contribution >= 4 is 5.82 Å². The Labute approximate surface area is 99.7 Å². The molecular weight excluding hydrogens is 217 g/mol. The zero-order valence-corrected chi connectivity index (χ0v) is 9.65. The van der Waals surface area contributed by atoms with Gasteiger partial charge in [-0.15, -0.1) is 0 Å². The molecule has 0 unspecified atom stereocenters. The molecule has 0 aliphatic heterocycles. The molecule has 88 valence electrons. The molecule has 1 aromatic heterocycles. The number of halogens is 1. The highest BCUT2D eigenvalue weighted by Crippen LogP contribution is 2.19. The molecule has 0 saturated heterocycles. The molecule has 2 rings (SSSR count). The second-order valence-corrected chi connectivity index (χ2v) is 3.73. The molecular formula is C13H14FN3. The highest BCUT2D eigenvalue weighted by atomic mass is 19.1. The van der Waals surface area contributed by atoms with Crippen molar-refractivity contribution in [2.75, 3.05) is 11.9 Å². The van der Waals surface area contributed by atoms with Gasteiger partial charge in [0.25, 0.3) is 0 Å². The van der Waals surface area contributed by atoms with Crippen LogP contribution in [0.5, 0.6) is 0 Å². The third kappa shape index (κ3) is 3.00. The van der Waals surface area contributed by atoms with Crippen molar-refractivity contribution < 1.29 is 4.39 Å². The number of rotatable bonds is 4. The highest BCUT2D eigenvalue weighted by molar-refractivity contribution is 5.61. The molecule has 0 spiro atoms. The molecule has 0 saturated carbocycles. The molecule has 0 radical (unpaired) electrons. The standard InChI is InChI=1S/C13H14FN3/c1-2-6-15-13-8-12(16-9-17-13)10-4-3-5-11(14)7-10/h3-5,7-9H,2,6H2,1H3,(H,15,16,17). The fraction of sp³-hybridized carbons (Fsp3) is 0.231. The lowest BCUT2D eigenvalue weighted by Crippen LogP contribution is -2.02. The first-order valence-electron chi connectivity index (χ1n) is 5.61. The van der Waals surface area contributed by atoms with E-state index in [0.717, 1.165) is 30.0 Å². The monoisotopic (exact) mass is 231 g/mol. The van der Waals surface area contributed by atoms with Crippen molar-refractivity contribution in [1.82, 2.24) is 9.97 Å². The minimum absolute atomic E-state index is 0.260. The maximum absolute atomic E-state index is 13.1. The smallest absolute Gasteiger partial charge is 0.129 e. The molecule has 0 fully saturated rings. The summed E-state index contributed by atoms with van der Waals surface area (Å²) in [5.74, 6) is 0.505. The van der Waals surface area contributed by atoms with Crippen molar-refractivity contribution in [1.29, 1.82) is 0 Å². The first kappa shape index (κ1) is 11.5. The molecule has 1 heterocycles. The fourth-order valence-electron chi connectivity index (χ4n) is 1.51. The van der Waals surface area contributed by atoms with E-state index in [-0.39, 0.29) is 5.82 Å². The number of anilines is 1. The predicted octanol–water partition coefficient (Wildman–Crippen LogP) is 3.10. The zero-order valence-electron chi connectivity index (χ0n) is 9.65. The first-order chi connectivity index (χ1) is 8.29. The van der Waals surface area contributed by atoms with Gasteiger partial charge in [-0.3, -0.25) is 0 Å². The van der Waals surface area contributed by atoms with E-state index in [1.807, 2.05) is 12.1 Å². The number of hydrogen-bond acceptors (Lipinski definition) is 3. The summed E-state index contributed by atoms with van der Waals surface area (Å²) in [6.07, 6.45) is 2.51. The van der Waals surface area contributed by atoms with Crippen LogP contribution in [-0.4, -0.2) is 16.5 Å². The van der Waals surface area contributed by atoms with Crippen LogP contribution in [0.4, 0.5) is 10.2 Å². The lowest BCUT2D eigenvalue weighted by Gasteiger charge is -2.05. The summed E-state index contributed by atoms with van der Waals surface area (Å²) in [4.78, 5) is 8.25. The average Bonchev–Trinajstić information content (AvgIpc) is 2.37. The Morgan fingerprint density at radius 2 is 2.12 bits per heavy atom. The maximum Gasteiger partial charge on any atom is 0.129 e. The molecule has 2 aromatic rings. The Bertz CT molecular complexity index is 500. The van der Waals surface area contributed by atoms with Crippen LogP contribution >= 0.6 is 0 Å². The molecule has 0 bridgehead atoms. The number of nitrogens with zero attached hydrogens (tertiary/aromatic N) is 2. The summed E-state index contributed by atoms with van der Waals surface area (Å²) in [6, 6.07) is 8.21. The van der Waals surface area contributed by atoms with Crippen LogP contribution in [0.2, 0.25) is 0 Å². The lowest BCUT2D eigenvalue weighted by atomic mass is 10.1. The van der Waals surface area contributed by atoms with Gasteiger partial charge >= 0.3 is 0 Å². The van der Waals surface area contributed by atoms with E-state index in [0.29, 0.717) is 0 Å². The van der Waals surface area contributed by atoms with Gasteiger partial charge in [0.2, 0.25) is 0 Å². The minimum Gasteiger partial charge on any atom is -0.370 e. The van der Waals surface area contributed by atoms with Gasteiger partial charge in [0.05, 0.1) is 5.69 Å². The van der Waals surface area contributed by atoms with Gasteiger partial charge in [0.15, 0.2) is 0 Å². The van der Waals surface area contributed by atoms with E-state index in [2.05, 4.69) is 22.2 Å². The summed E-state index contributed by atoms with van der Waals surface area (Å²) < 4.78 is 13.1. The molecule has 17 heavy (non-hydrogen) atoms. The lowest BCUT2D eigenvalue weighted by molar-refractivity contribution is 0.628. The van der Waals surface area contributed by atoms with Crippen molar-refractivity contribution in [3.63, 3.8) is 0 Å². The normalized spacial score (nSPS) is 10.2. The quantitative estimate of drug-likeness (QED) is 0.878. The summed E-state index contributed by atoms with van der Waals surface area (Å²) in [5.41, 5.74) is 1.48. The second-order valence-electron chi connectivity index (χ2n) is 3.73. The number of hydrogen-bond donors (Lipinski definition) is 1. The van der Waals surface area contributed by atoms with E-state index >= 15 is 0 Å². The molecule has 1 aromatic carbocycles. The molecule has 0 atom stereocenters. The van der Waals surface area contributed by atoms with Crippen LogP contribution in [0.25, 0.3) is 11.3 Å². The summed E-state index contributed by atoms with van der Waals surface area (Å²) >= 11 is 0. The van der Waals surface area contributed by atoms with E-state index < -0.39 is 0 Å². The topological polar surface area (TPSA) is 37.8 Å². The summed E-state index contributed by atoms with van der Waals surface area (Å²) in [6.45, 7) is 2.95. The second kappa shape index (κ2) is 5.39. The van der Waals surface area contributed by atoms with Gasteiger partial charge in [-0.1, -0.05) is 19.1 Å². The predicted molar refractivity (Wildman–Crippen MR) is 66.2 cm³/mol. The molecule has 1 N–H and O–H groups in total. The van der Waals surface area contributed by atoms with Gasteiger partial charge in [-0.25, -0.2) is 14.4 Å². The Balaban J connectivity index is 2.26. The van der Waals surface area contributed by atoms with Crippen LogP contribution < -0.4 is 5.32 Å². The van der Waals surface area contributed by atoms with Gasteiger partial charge in [0, 0.05) is 18.2 Å². The van der Waals surface area contributed by atoms with Gasteiger partial charge in [0.1, 0.15) is 18.0 Å². The van der Waals surface area contributed by atoms with Crippen molar-refractivity contribution in [3.05, 3.63) is 42.5 Å². The van der Waals surface area contributed by atoms with E-state index in [1.165, 1.54) is 18.5 Å². The highest BCUT2D eigenvalue weighted by Gasteiger charge is 2.02. The van der Waals surface area contributed by atoms with Crippen LogP contribution in [0.15, 0.2) is 36.7 Å². The third-order valence-corrected chi connectivity index (χ3v) is 2.34. The molecule has 0 aliphatic rings. The van der Waals surface area contributed by atoms with E-state index in [4.69, 9.17) is 0 Å². The van der Waals surface area contributed by atoms with E-state index in [1.54, 1.807) is 6.07 Å². The molecule has 4 heteroatoms. The Morgan fingerprint density at radius 3 is 2.88 bits per heavy atom. The number of nitrogens with one attached hydrogen (secondary N) is 1. The number of aromatic nitrogens is 2. The number of benzene rings is 1. The van der Waals surface area contributed by atoms with Gasteiger partial charge in [-0.2, -0.15) is 0 Å². The molecule has 3 nitrogen and oxygen atoms in total. The summed E-state index contributed by atoms with van der Waals surface area (Å²) in [7, 11) is 0. The van der Waals surface area contributed by atoms with Gasteiger partial charge < -0.3 is 5.32 Å². The maximum atomic E-state index is 13.1. The Kier molecular flexibility index (Phi) is 3.65. The van der Waals surface area contributed by atoms with Crippen LogP contribution in [0, 0.1) is 5.82 Å². The fourth-order valence-corrected chi connectivity index (χ4v) is 1.51. The first-order valence-corrected chi connectivity index (χ1v) is 5.61. The third-order valence-electron chi connectivity index (χ3n) is 2.34. The molecule has 0 aliphatic carbocycles. The van der Waals surface area contributed by atoms with Crippen LogP contribution in [0.3, 0.4) is 0 Å².